The van der Waals surface area contributed by atoms with E-state index in [2.05, 4.69) is 13.8 Å². The van der Waals surface area contributed by atoms with Crippen molar-refractivity contribution in [3.8, 4) is 0 Å². The fourth-order valence-corrected chi connectivity index (χ4v) is 7.59. The molecule has 3 saturated carbocycles. The first-order valence-corrected chi connectivity index (χ1v) is 11.9. The second-order valence-electron chi connectivity index (χ2n) is 10.9. The Morgan fingerprint density at radius 2 is 1.87 bits per heavy atom. The standard InChI is InChI=1S/C25H38N2O3/c1-24-10-8-18(28)15-17(24)14-16(4-7-22(30)27(3)13-12-26)23-19-5-6-21(29)25(19,2)11-9-20(23)24/h15-16,19-20,23H,4-14,26H2,1-3H3/t16?,19?,20?,23?,24-,25-/m0/s1. The van der Waals surface area contributed by atoms with Gasteiger partial charge in [-0.05, 0) is 73.7 Å². The maximum Gasteiger partial charge on any atom is 0.222 e. The van der Waals surface area contributed by atoms with Gasteiger partial charge in [0.25, 0.3) is 0 Å². The molecule has 0 saturated heterocycles. The van der Waals surface area contributed by atoms with E-state index in [4.69, 9.17) is 5.73 Å². The molecule has 0 heterocycles. The Balaban J connectivity index is 1.63. The van der Waals surface area contributed by atoms with Gasteiger partial charge in [-0.3, -0.25) is 14.4 Å². The maximum absolute atomic E-state index is 12.8. The van der Waals surface area contributed by atoms with Gasteiger partial charge in [0.15, 0.2) is 5.78 Å². The number of carbonyl (C=O) groups is 3. The zero-order chi connectivity index (χ0) is 21.7. The largest absolute Gasteiger partial charge is 0.344 e. The van der Waals surface area contributed by atoms with Crippen LogP contribution < -0.4 is 5.73 Å². The number of carbonyl (C=O) groups excluding carboxylic acids is 3. The van der Waals surface area contributed by atoms with Gasteiger partial charge in [-0.2, -0.15) is 0 Å². The summed E-state index contributed by atoms with van der Waals surface area (Å²) in [5, 5.41) is 0. The molecule has 4 aliphatic rings. The van der Waals surface area contributed by atoms with Crippen LogP contribution in [0.5, 0.6) is 0 Å². The van der Waals surface area contributed by atoms with Crippen LogP contribution in [0.3, 0.4) is 0 Å². The monoisotopic (exact) mass is 414 g/mol. The van der Waals surface area contributed by atoms with Gasteiger partial charge in [-0.15, -0.1) is 0 Å². The van der Waals surface area contributed by atoms with Crippen LogP contribution in [0.25, 0.3) is 0 Å². The Kier molecular flexibility index (Phi) is 5.71. The highest BCUT2D eigenvalue weighted by Crippen LogP contribution is 2.66. The van der Waals surface area contributed by atoms with E-state index in [9.17, 15) is 14.4 Å². The first-order valence-electron chi connectivity index (χ1n) is 11.9. The number of ketones is 2. The molecule has 2 N–H and O–H groups in total. The van der Waals surface area contributed by atoms with Crippen LogP contribution in [-0.4, -0.2) is 42.5 Å². The molecule has 1 amide bonds. The number of hydrogen-bond donors (Lipinski definition) is 1. The molecule has 3 fully saturated rings. The van der Waals surface area contributed by atoms with Gasteiger partial charge in [0.05, 0.1) is 0 Å². The van der Waals surface area contributed by atoms with Crippen LogP contribution in [0, 0.1) is 34.5 Å². The summed E-state index contributed by atoms with van der Waals surface area (Å²) in [5.41, 5.74) is 6.84. The van der Waals surface area contributed by atoms with Crippen LogP contribution in [0.15, 0.2) is 11.6 Å². The van der Waals surface area contributed by atoms with Gasteiger partial charge >= 0.3 is 0 Å². The first-order chi connectivity index (χ1) is 14.2. The fraction of sp³-hybridized carbons (Fsp3) is 0.800. The summed E-state index contributed by atoms with van der Waals surface area (Å²) in [6, 6.07) is 0. The summed E-state index contributed by atoms with van der Waals surface area (Å²) < 4.78 is 0. The highest BCUT2D eigenvalue weighted by molar-refractivity contribution is 5.91. The van der Waals surface area contributed by atoms with Crippen molar-refractivity contribution in [1.29, 1.82) is 0 Å². The molecule has 0 aromatic rings. The Labute approximate surface area is 180 Å². The summed E-state index contributed by atoms with van der Waals surface area (Å²) in [5.74, 6) is 2.69. The lowest BCUT2D eigenvalue weighted by Crippen LogP contribution is -2.53. The quantitative estimate of drug-likeness (QED) is 0.746. The van der Waals surface area contributed by atoms with E-state index in [-0.39, 0.29) is 22.5 Å². The molecule has 4 rings (SSSR count). The number of rotatable bonds is 5. The minimum atomic E-state index is -0.179. The normalized spacial score (nSPS) is 40.3. The minimum absolute atomic E-state index is 0.0857. The lowest BCUT2D eigenvalue weighted by Gasteiger charge is -2.59. The molecule has 6 atom stereocenters. The van der Waals surface area contributed by atoms with Crippen molar-refractivity contribution < 1.29 is 14.4 Å². The van der Waals surface area contributed by atoms with Crippen molar-refractivity contribution in [2.75, 3.05) is 20.1 Å². The van der Waals surface area contributed by atoms with Gasteiger partial charge in [-0.25, -0.2) is 0 Å². The molecule has 0 aliphatic heterocycles. The summed E-state index contributed by atoms with van der Waals surface area (Å²) in [6.45, 7) is 5.64. The predicted octanol–water partition coefficient (Wildman–Crippen LogP) is 3.51. The van der Waals surface area contributed by atoms with E-state index in [1.165, 1.54) is 5.57 Å². The van der Waals surface area contributed by atoms with E-state index in [0.29, 0.717) is 61.8 Å². The number of nitrogens with two attached hydrogens (primary N) is 1. The van der Waals surface area contributed by atoms with Gasteiger partial charge in [0.2, 0.25) is 5.91 Å². The Morgan fingerprint density at radius 1 is 1.13 bits per heavy atom. The molecule has 0 spiro atoms. The zero-order valence-electron chi connectivity index (χ0n) is 18.9. The molecular weight excluding hydrogens is 376 g/mol. The summed E-state index contributed by atoms with van der Waals surface area (Å²) >= 11 is 0. The summed E-state index contributed by atoms with van der Waals surface area (Å²) in [6.07, 6.45) is 9.59. The molecule has 4 aliphatic carbocycles. The SMILES string of the molecule is CN(CCN)C(=O)CCC1CC2=CC(=O)CC[C@]2(C)C2CC[C@]3(C)C(=O)CCC3C12. The van der Waals surface area contributed by atoms with E-state index in [0.717, 1.165) is 38.5 Å². The van der Waals surface area contributed by atoms with Crippen molar-refractivity contribution in [2.45, 2.75) is 71.6 Å². The Morgan fingerprint density at radius 3 is 2.60 bits per heavy atom. The zero-order valence-corrected chi connectivity index (χ0v) is 18.9. The molecule has 0 aromatic heterocycles. The van der Waals surface area contributed by atoms with E-state index in [1.807, 2.05) is 13.1 Å². The fourth-order valence-electron chi connectivity index (χ4n) is 7.59. The maximum atomic E-state index is 12.8. The molecule has 0 aromatic carbocycles. The Hall–Kier alpha value is -1.49. The molecule has 5 nitrogen and oxygen atoms in total. The first kappa shape index (κ1) is 21.7. The van der Waals surface area contributed by atoms with Crippen molar-refractivity contribution in [3.05, 3.63) is 11.6 Å². The number of Topliss-reactive ketones (excluding diaryl/α,β-unsaturated/α-hetero) is 1. The lowest BCUT2D eigenvalue weighted by molar-refractivity contribution is -0.137. The predicted molar refractivity (Wildman–Crippen MR) is 117 cm³/mol. The van der Waals surface area contributed by atoms with Gasteiger partial charge in [-0.1, -0.05) is 19.4 Å². The highest BCUT2D eigenvalue weighted by atomic mass is 16.2. The number of allylic oxidation sites excluding steroid dienone is 1. The van der Waals surface area contributed by atoms with E-state index < -0.39 is 0 Å². The second kappa shape index (κ2) is 7.89. The number of likely N-dealkylation sites (N-methyl/N-ethyl adjacent to an activating group) is 1. The molecule has 30 heavy (non-hydrogen) atoms. The summed E-state index contributed by atoms with van der Waals surface area (Å²) in [4.78, 5) is 39.4. The van der Waals surface area contributed by atoms with Gasteiger partial charge in [0.1, 0.15) is 5.78 Å². The van der Waals surface area contributed by atoms with Crippen LogP contribution >= 0.6 is 0 Å². The molecule has 4 unspecified atom stereocenters. The smallest absolute Gasteiger partial charge is 0.222 e. The molecule has 0 bridgehead atoms. The van der Waals surface area contributed by atoms with Crippen molar-refractivity contribution in [3.63, 3.8) is 0 Å². The number of hydrogen-bond acceptors (Lipinski definition) is 4. The van der Waals surface area contributed by atoms with E-state index in [1.54, 1.807) is 4.90 Å². The average Bonchev–Trinajstić information content (AvgIpc) is 3.01. The Bertz CT molecular complexity index is 774. The topological polar surface area (TPSA) is 80.5 Å². The van der Waals surface area contributed by atoms with Crippen LogP contribution in [0.2, 0.25) is 0 Å². The number of fused-ring (bicyclic) bond motifs is 5. The molecule has 166 valence electrons. The van der Waals surface area contributed by atoms with Gasteiger partial charge < -0.3 is 10.6 Å². The van der Waals surface area contributed by atoms with Crippen LogP contribution in [0.1, 0.15) is 71.6 Å². The molecule has 5 heteroatoms. The molecular formula is C25H38N2O3. The number of amides is 1. The third kappa shape index (κ3) is 3.37. The molecule has 0 radical (unpaired) electrons. The van der Waals surface area contributed by atoms with Gasteiger partial charge in [0, 0.05) is 44.8 Å². The van der Waals surface area contributed by atoms with Crippen LogP contribution in [-0.2, 0) is 14.4 Å². The second-order valence-corrected chi connectivity index (χ2v) is 10.9. The van der Waals surface area contributed by atoms with Crippen molar-refractivity contribution in [1.82, 2.24) is 4.90 Å². The highest BCUT2D eigenvalue weighted by Gasteiger charge is 2.61. The van der Waals surface area contributed by atoms with E-state index >= 15 is 0 Å². The summed E-state index contributed by atoms with van der Waals surface area (Å²) in [7, 11) is 1.82. The van der Waals surface area contributed by atoms with Crippen molar-refractivity contribution in [2.24, 2.45) is 40.2 Å². The minimum Gasteiger partial charge on any atom is -0.344 e. The van der Waals surface area contributed by atoms with Crippen molar-refractivity contribution >= 4 is 17.5 Å². The number of nitrogens with zero attached hydrogens (tertiary/aromatic N) is 1. The average molecular weight is 415 g/mol. The van der Waals surface area contributed by atoms with Crippen LogP contribution in [0.4, 0.5) is 0 Å². The lowest BCUT2D eigenvalue weighted by atomic mass is 9.44. The third-order valence-corrected chi connectivity index (χ3v) is 9.47. The third-order valence-electron chi connectivity index (χ3n) is 9.47.